The van der Waals surface area contributed by atoms with Gasteiger partial charge in [-0.2, -0.15) is 0 Å². The third kappa shape index (κ3) is 2.06. The van der Waals surface area contributed by atoms with Crippen LogP contribution >= 0.6 is 15.9 Å². The minimum absolute atomic E-state index is 0.00125. The maximum absolute atomic E-state index is 10.2. The number of para-hydroxylation sites is 1. The zero-order chi connectivity index (χ0) is 14.4. The number of fused-ring (bicyclic) bond motifs is 3. The number of aromatic nitrogens is 1. The molecule has 1 aromatic heterocycles. The fourth-order valence-electron chi connectivity index (χ4n) is 3.20. The summed E-state index contributed by atoms with van der Waals surface area (Å²) in [4.78, 5) is 3.52. The summed E-state index contributed by atoms with van der Waals surface area (Å²) in [7, 11) is 0. The quantitative estimate of drug-likeness (QED) is 0.628. The summed E-state index contributed by atoms with van der Waals surface area (Å²) in [5.41, 5.74) is 4.58. The summed E-state index contributed by atoms with van der Waals surface area (Å²) < 4.78 is 0.973. The highest BCUT2D eigenvalue weighted by Crippen LogP contribution is 2.37. The molecule has 0 saturated heterocycles. The van der Waals surface area contributed by atoms with Crippen molar-refractivity contribution >= 4 is 26.8 Å². The number of benzene rings is 2. The van der Waals surface area contributed by atoms with Gasteiger partial charge in [-0.15, -0.1) is 0 Å². The van der Waals surface area contributed by atoms with E-state index in [-0.39, 0.29) is 6.04 Å². The van der Waals surface area contributed by atoms with Gasteiger partial charge in [-0.1, -0.05) is 34.1 Å². The Morgan fingerprint density at radius 1 is 1.14 bits per heavy atom. The molecule has 1 aliphatic heterocycles. The molecular formula is C17H15BrN2O. The predicted molar refractivity (Wildman–Crippen MR) is 87.7 cm³/mol. The van der Waals surface area contributed by atoms with Crippen molar-refractivity contribution in [3.05, 3.63) is 63.8 Å². The number of hydrogen-bond acceptors (Lipinski definition) is 2. The average molecular weight is 343 g/mol. The molecule has 1 unspecified atom stereocenters. The summed E-state index contributed by atoms with van der Waals surface area (Å²) in [5.74, 6) is 0.321. The second kappa shape index (κ2) is 4.90. The Balaban J connectivity index is 1.92. The molecule has 3 nitrogen and oxygen atoms in total. The normalized spacial score (nSPS) is 17.9. The van der Waals surface area contributed by atoms with Crippen LogP contribution < -0.4 is 5.32 Å². The van der Waals surface area contributed by atoms with Crippen molar-refractivity contribution in [2.45, 2.75) is 12.5 Å². The summed E-state index contributed by atoms with van der Waals surface area (Å²) >= 11 is 3.49. The molecule has 1 aliphatic rings. The SMILES string of the molecule is Oc1ccc(Br)cc1C1NCCc2c1[nH]c1ccccc21. The van der Waals surface area contributed by atoms with Crippen molar-refractivity contribution in [3.8, 4) is 5.75 Å². The number of hydrogen-bond donors (Lipinski definition) is 3. The monoisotopic (exact) mass is 342 g/mol. The molecule has 0 bridgehead atoms. The van der Waals surface area contributed by atoms with Crippen LogP contribution in [0, 0.1) is 0 Å². The first-order valence-electron chi connectivity index (χ1n) is 7.05. The maximum atomic E-state index is 10.2. The van der Waals surface area contributed by atoms with Crippen LogP contribution in [0.5, 0.6) is 5.75 Å². The van der Waals surface area contributed by atoms with E-state index >= 15 is 0 Å². The number of phenols is 1. The van der Waals surface area contributed by atoms with E-state index in [2.05, 4.69) is 44.4 Å². The molecule has 3 aromatic rings. The van der Waals surface area contributed by atoms with Gasteiger partial charge in [-0.3, -0.25) is 0 Å². The lowest BCUT2D eigenvalue weighted by atomic mass is 9.94. The van der Waals surface area contributed by atoms with Crippen molar-refractivity contribution in [2.75, 3.05) is 6.54 Å². The third-order valence-corrected chi connectivity index (χ3v) is 4.65. The predicted octanol–water partition coefficient (Wildman–Crippen LogP) is 3.87. The van der Waals surface area contributed by atoms with Gasteiger partial charge in [0.1, 0.15) is 5.75 Å². The summed E-state index contributed by atoms with van der Waals surface area (Å²) in [6.07, 6.45) is 1.00. The average Bonchev–Trinajstić information content (AvgIpc) is 2.88. The smallest absolute Gasteiger partial charge is 0.120 e. The Morgan fingerprint density at radius 2 is 2.00 bits per heavy atom. The lowest BCUT2D eigenvalue weighted by Crippen LogP contribution is -2.30. The van der Waals surface area contributed by atoms with Gasteiger partial charge in [-0.25, -0.2) is 0 Å². The van der Waals surface area contributed by atoms with E-state index in [4.69, 9.17) is 0 Å². The molecule has 0 fully saturated rings. The number of halogens is 1. The number of H-pyrrole nitrogens is 1. The van der Waals surface area contributed by atoms with E-state index in [1.807, 2.05) is 18.2 Å². The van der Waals surface area contributed by atoms with Gasteiger partial charge in [0.05, 0.1) is 6.04 Å². The van der Waals surface area contributed by atoms with Crippen LogP contribution in [0.15, 0.2) is 46.9 Å². The number of phenolic OH excluding ortho intramolecular Hbond substituents is 1. The molecule has 3 N–H and O–H groups in total. The second-order valence-electron chi connectivity index (χ2n) is 5.40. The number of aromatic amines is 1. The van der Waals surface area contributed by atoms with Crippen LogP contribution in [-0.2, 0) is 6.42 Å². The Labute approximate surface area is 131 Å². The molecule has 4 rings (SSSR count). The maximum Gasteiger partial charge on any atom is 0.120 e. The fraction of sp³-hybridized carbons (Fsp3) is 0.176. The fourth-order valence-corrected chi connectivity index (χ4v) is 3.58. The standard InChI is InChI=1S/C17H15BrN2O/c18-10-5-6-15(21)13(9-10)16-17-12(7-8-19-16)11-3-1-2-4-14(11)20-17/h1-6,9,16,19-21H,7-8H2. The van der Waals surface area contributed by atoms with Crippen LogP contribution in [0.2, 0.25) is 0 Å². The van der Waals surface area contributed by atoms with Gasteiger partial charge in [0, 0.05) is 33.2 Å². The lowest BCUT2D eigenvalue weighted by Gasteiger charge is -2.25. The minimum atomic E-state index is -0.00125. The van der Waals surface area contributed by atoms with Gasteiger partial charge < -0.3 is 15.4 Å². The molecule has 1 atom stereocenters. The molecule has 21 heavy (non-hydrogen) atoms. The van der Waals surface area contributed by atoms with Gasteiger partial charge >= 0.3 is 0 Å². The highest BCUT2D eigenvalue weighted by molar-refractivity contribution is 9.10. The first kappa shape index (κ1) is 12.9. The molecule has 0 aliphatic carbocycles. The molecular weight excluding hydrogens is 328 g/mol. The van der Waals surface area contributed by atoms with E-state index in [0.29, 0.717) is 5.75 Å². The molecule has 0 amide bonds. The molecule has 0 saturated carbocycles. The van der Waals surface area contributed by atoms with E-state index < -0.39 is 0 Å². The number of aromatic hydroxyl groups is 1. The van der Waals surface area contributed by atoms with E-state index in [9.17, 15) is 5.11 Å². The van der Waals surface area contributed by atoms with Crippen molar-refractivity contribution in [2.24, 2.45) is 0 Å². The van der Waals surface area contributed by atoms with Gasteiger partial charge in [0.15, 0.2) is 0 Å². The third-order valence-electron chi connectivity index (χ3n) is 4.16. The lowest BCUT2D eigenvalue weighted by molar-refractivity contribution is 0.452. The van der Waals surface area contributed by atoms with Gasteiger partial charge in [0.25, 0.3) is 0 Å². The van der Waals surface area contributed by atoms with Crippen molar-refractivity contribution in [1.82, 2.24) is 10.3 Å². The van der Waals surface area contributed by atoms with E-state index in [0.717, 1.165) is 34.2 Å². The highest BCUT2D eigenvalue weighted by Gasteiger charge is 2.26. The van der Waals surface area contributed by atoms with Crippen molar-refractivity contribution in [3.63, 3.8) is 0 Å². The first-order chi connectivity index (χ1) is 10.2. The summed E-state index contributed by atoms with van der Waals surface area (Å²) in [5, 5.41) is 15.0. The second-order valence-corrected chi connectivity index (χ2v) is 6.32. The summed E-state index contributed by atoms with van der Waals surface area (Å²) in [6.45, 7) is 0.908. The van der Waals surface area contributed by atoms with Crippen molar-refractivity contribution in [1.29, 1.82) is 0 Å². The minimum Gasteiger partial charge on any atom is -0.508 e. The molecule has 106 valence electrons. The van der Waals surface area contributed by atoms with Crippen LogP contribution in [0.25, 0.3) is 10.9 Å². The Hall–Kier alpha value is -1.78. The largest absolute Gasteiger partial charge is 0.508 e. The summed E-state index contributed by atoms with van der Waals surface area (Å²) in [6, 6.07) is 13.9. The first-order valence-corrected chi connectivity index (χ1v) is 7.84. The van der Waals surface area contributed by atoms with Crippen LogP contribution in [0.1, 0.15) is 22.9 Å². The molecule has 2 aromatic carbocycles. The topological polar surface area (TPSA) is 48.0 Å². The van der Waals surface area contributed by atoms with Gasteiger partial charge in [-0.05, 0) is 36.2 Å². The van der Waals surface area contributed by atoms with Crippen molar-refractivity contribution < 1.29 is 5.11 Å². The number of rotatable bonds is 1. The molecule has 2 heterocycles. The van der Waals surface area contributed by atoms with E-state index in [1.54, 1.807) is 6.07 Å². The highest BCUT2D eigenvalue weighted by atomic mass is 79.9. The Bertz CT molecular complexity index is 825. The van der Waals surface area contributed by atoms with Crippen LogP contribution in [0.4, 0.5) is 0 Å². The number of nitrogens with one attached hydrogen (secondary N) is 2. The molecule has 4 heteroatoms. The molecule has 0 radical (unpaired) electrons. The Morgan fingerprint density at radius 3 is 2.90 bits per heavy atom. The van der Waals surface area contributed by atoms with E-state index in [1.165, 1.54) is 10.9 Å². The van der Waals surface area contributed by atoms with Gasteiger partial charge in [0.2, 0.25) is 0 Å². The Kier molecular flexibility index (Phi) is 3.01. The zero-order valence-corrected chi connectivity index (χ0v) is 12.9. The zero-order valence-electron chi connectivity index (χ0n) is 11.4. The molecule has 0 spiro atoms. The van der Waals surface area contributed by atoms with Crippen LogP contribution in [0.3, 0.4) is 0 Å². The van der Waals surface area contributed by atoms with Crippen LogP contribution in [-0.4, -0.2) is 16.6 Å².